The molecule has 1 aromatic heterocycles. The fourth-order valence-electron chi connectivity index (χ4n) is 0.561. The summed E-state index contributed by atoms with van der Waals surface area (Å²) in [6.07, 6.45) is 10.9. The van der Waals surface area contributed by atoms with Crippen LogP contribution in [0.1, 0.15) is 0 Å². The van der Waals surface area contributed by atoms with Crippen LogP contribution in [0.15, 0.2) is 43.0 Å². The lowest BCUT2D eigenvalue weighted by atomic mass is 10.5. The number of ether oxygens (including phenoxy) is 1. The van der Waals surface area contributed by atoms with Gasteiger partial charge in [0.15, 0.2) is 0 Å². The van der Waals surface area contributed by atoms with Gasteiger partial charge in [0.25, 0.3) is 0 Å². The standard InChI is InChI=1S/C5H6O.C3H4N2/c1-2-4-6-5-3-1;1-2-4-5-3-1/h1-4H,5H2;1-3H,(H,4,5). The number of aromatic amines is 1. The van der Waals surface area contributed by atoms with Crippen molar-refractivity contribution < 1.29 is 4.74 Å². The first-order chi connectivity index (χ1) is 5.50. The van der Waals surface area contributed by atoms with Gasteiger partial charge in [-0.3, -0.25) is 5.10 Å². The number of nitrogens with one attached hydrogen (secondary N) is 1. The van der Waals surface area contributed by atoms with E-state index in [0.717, 1.165) is 6.61 Å². The van der Waals surface area contributed by atoms with Gasteiger partial charge in [0.05, 0.1) is 6.26 Å². The van der Waals surface area contributed by atoms with Gasteiger partial charge in [0, 0.05) is 12.4 Å². The fourth-order valence-corrected chi connectivity index (χ4v) is 0.561. The Kier molecular flexibility index (Phi) is 3.65. The van der Waals surface area contributed by atoms with Crippen molar-refractivity contribution in [2.24, 2.45) is 0 Å². The van der Waals surface area contributed by atoms with Gasteiger partial charge in [0.1, 0.15) is 6.61 Å². The van der Waals surface area contributed by atoms with Gasteiger partial charge >= 0.3 is 0 Å². The molecular weight excluding hydrogens is 140 g/mol. The fraction of sp³-hybridized carbons (Fsp3) is 0.125. The molecule has 0 amide bonds. The molecular formula is C8H10N2O. The number of H-pyrrole nitrogens is 1. The molecule has 1 aromatic rings. The first-order valence-corrected chi connectivity index (χ1v) is 3.37. The smallest absolute Gasteiger partial charge is 0.106 e. The molecule has 2 rings (SSSR count). The van der Waals surface area contributed by atoms with Gasteiger partial charge in [-0.2, -0.15) is 5.10 Å². The molecule has 2 heterocycles. The number of rotatable bonds is 0. The normalized spacial score (nSPS) is 13.1. The quantitative estimate of drug-likeness (QED) is 0.608. The van der Waals surface area contributed by atoms with Gasteiger partial charge in [-0.15, -0.1) is 0 Å². The van der Waals surface area contributed by atoms with Crippen molar-refractivity contribution >= 4 is 0 Å². The third kappa shape index (κ3) is 3.97. The van der Waals surface area contributed by atoms with Crippen LogP contribution < -0.4 is 0 Å². The summed E-state index contributed by atoms with van der Waals surface area (Å²) in [6, 6.07) is 1.83. The summed E-state index contributed by atoms with van der Waals surface area (Å²) >= 11 is 0. The van der Waals surface area contributed by atoms with E-state index >= 15 is 0 Å². The average molecular weight is 150 g/mol. The molecule has 1 N–H and O–H groups in total. The second-order valence-electron chi connectivity index (χ2n) is 1.86. The van der Waals surface area contributed by atoms with E-state index in [1.54, 1.807) is 18.7 Å². The Morgan fingerprint density at radius 2 is 2.36 bits per heavy atom. The second-order valence-corrected chi connectivity index (χ2v) is 1.86. The lowest BCUT2D eigenvalue weighted by molar-refractivity contribution is 0.286. The van der Waals surface area contributed by atoms with Crippen molar-refractivity contribution in [2.75, 3.05) is 6.61 Å². The largest absolute Gasteiger partial charge is 0.497 e. The Bertz CT molecular complexity index is 185. The van der Waals surface area contributed by atoms with E-state index in [-0.39, 0.29) is 0 Å². The van der Waals surface area contributed by atoms with E-state index in [1.165, 1.54) is 0 Å². The Morgan fingerprint density at radius 3 is 2.55 bits per heavy atom. The molecule has 0 spiro atoms. The molecule has 58 valence electrons. The summed E-state index contributed by atoms with van der Waals surface area (Å²) in [4.78, 5) is 0. The summed E-state index contributed by atoms with van der Waals surface area (Å²) in [7, 11) is 0. The van der Waals surface area contributed by atoms with Gasteiger partial charge < -0.3 is 4.74 Å². The summed E-state index contributed by atoms with van der Waals surface area (Å²) in [5.74, 6) is 0. The molecule has 1 aliphatic rings. The average Bonchev–Trinajstić information content (AvgIpc) is 2.64. The van der Waals surface area contributed by atoms with E-state index in [2.05, 4.69) is 10.2 Å². The van der Waals surface area contributed by atoms with Gasteiger partial charge in [-0.25, -0.2) is 0 Å². The molecule has 3 heteroatoms. The molecule has 11 heavy (non-hydrogen) atoms. The third-order valence-corrected chi connectivity index (χ3v) is 1.02. The maximum Gasteiger partial charge on any atom is 0.106 e. The second kappa shape index (κ2) is 5.29. The summed E-state index contributed by atoms with van der Waals surface area (Å²) in [6.45, 7) is 0.733. The Balaban J connectivity index is 0.000000112. The first kappa shape index (κ1) is 7.60. The highest BCUT2D eigenvalue weighted by molar-refractivity contribution is 5.02. The lowest BCUT2D eigenvalue weighted by Crippen LogP contribution is -1.82. The van der Waals surface area contributed by atoms with Crippen LogP contribution in [0.3, 0.4) is 0 Å². The van der Waals surface area contributed by atoms with Crippen LogP contribution in [0.25, 0.3) is 0 Å². The molecule has 1 aliphatic heterocycles. The predicted molar refractivity (Wildman–Crippen MR) is 42.8 cm³/mol. The minimum absolute atomic E-state index is 0.733. The summed E-state index contributed by atoms with van der Waals surface area (Å²) in [5.41, 5.74) is 0. The van der Waals surface area contributed by atoms with Gasteiger partial charge in [0.2, 0.25) is 0 Å². The third-order valence-electron chi connectivity index (χ3n) is 1.02. The zero-order chi connectivity index (χ0) is 7.78. The van der Waals surface area contributed by atoms with Crippen LogP contribution in [0.2, 0.25) is 0 Å². The number of aromatic nitrogens is 2. The molecule has 0 aromatic carbocycles. The molecule has 0 bridgehead atoms. The van der Waals surface area contributed by atoms with Crippen LogP contribution in [0, 0.1) is 0 Å². The van der Waals surface area contributed by atoms with E-state index in [4.69, 9.17) is 4.74 Å². The van der Waals surface area contributed by atoms with E-state index in [1.807, 2.05) is 24.3 Å². The molecule has 0 saturated carbocycles. The van der Waals surface area contributed by atoms with E-state index in [0.29, 0.717) is 0 Å². The first-order valence-electron chi connectivity index (χ1n) is 3.37. The molecule has 0 aliphatic carbocycles. The van der Waals surface area contributed by atoms with E-state index in [9.17, 15) is 0 Å². The monoisotopic (exact) mass is 150 g/mol. The molecule has 0 unspecified atom stereocenters. The summed E-state index contributed by atoms with van der Waals surface area (Å²) < 4.78 is 4.80. The predicted octanol–water partition coefficient (Wildman–Crippen LogP) is 1.50. The Hall–Kier alpha value is -1.51. The Labute approximate surface area is 65.4 Å². The van der Waals surface area contributed by atoms with Crippen molar-refractivity contribution in [3.05, 3.63) is 43.0 Å². The zero-order valence-electron chi connectivity index (χ0n) is 6.10. The minimum Gasteiger partial charge on any atom is -0.497 e. The van der Waals surface area contributed by atoms with E-state index < -0.39 is 0 Å². The van der Waals surface area contributed by atoms with Crippen LogP contribution in [0.5, 0.6) is 0 Å². The van der Waals surface area contributed by atoms with Crippen molar-refractivity contribution in [3.8, 4) is 0 Å². The molecule has 0 fully saturated rings. The van der Waals surface area contributed by atoms with Crippen LogP contribution in [-0.4, -0.2) is 16.8 Å². The summed E-state index contributed by atoms with van der Waals surface area (Å²) in [5, 5.41) is 6.21. The highest BCUT2D eigenvalue weighted by Gasteiger charge is 1.75. The van der Waals surface area contributed by atoms with Crippen LogP contribution >= 0.6 is 0 Å². The highest BCUT2D eigenvalue weighted by atomic mass is 16.5. The highest BCUT2D eigenvalue weighted by Crippen LogP contribution is 1.87. The van der Waals surface area contributed by atoms with Crippen molar-refractivity contribution in [1.29, 1.82) is 0 Å². The lowest BCUT2D eigenvalue weighted by Gasteiger charge is -1.94. The number of allylic oxidation sites excluding steroid dienone is 2. The van der Waals surface area contributed by atoms with Gasteiger partial charge in [-0.05, 0) is 18.2 Å². The maximum atomic E-state index is 4.80. The Morgan fingerprint density at radius 1 is 1.36 bits per heavy atom. The topological polar surface area (TPSA) is 37.9 Å². The number of nitrogens with zero attached hydrogens (tertiary/aromatic N) is 1. The molecule has 0 atom stereocenters. The molecule has 3 nitrogen and oxygen atoms in total. The maximum absolute atomic E-state index is 4.80. The molecule has 0 saturated heterocycles. The minimum atomic E-state index is 0.733. The van der Waals surface area contributed by atoms with Crippen LogP contribution in [-0.2, 0) is 4.74 Å². The van der Waals surface area contributed by atoms with Crippen molar-refractivity contribution in [3.63, 3.8) is 0 Å². The molecule has 0 radical (unpaired) electrons. The zero-order valence-corrected chi connectivity index (χ0v) is 6.10. The van der Waals surface area contributed by atoms with Crippen molar-refractivity contribution in [2.45, 2.75) is 0 Å². The number of hydrogen-bond donors (Lipinski definition) is 1. The van der Waals surface area contributed by atoms with Crippen molar-refractivity contribution in [1.82, 2.24) is 10.2 Å². The number of hydrogen-bond acceptors (Lipinski definition) is 2. The SMILES string of the molecule is C1=CCOC=C1.c1cn[nH]c1. The van der Waals surface area contributed by atoms with Gasteiger partial charge in [-0.1, -0.05) is 6.08 Å². The van der Waals surface area contributed by atoms with Crippen LogP contribution in [0.4, 0.5) is 0 Å².